The topological polar surface area (TPSA) is 317 Å². The summed E-state index contributed by atoms with van der Waals surface area (Å²) < 4.78 is 0. The fourth-order valence-electron chi connectivity index (χ4n) is 9.46. The first kappa shape index (κ1) is 64.6. The third-order valence-corrected chi connectivity index (χ3v) is 14.4. The highest BCUT2D eigenvalue weighted by Gasteiger charge is 2.38. The van der Waals surface area contributed by atoms with Crippen molar-refractivity contribution >= 4 is 58.9 Å². The van der Waals surface area contributed by atoms with Gasteiger partial charge in [-0.25, -0.2) is 0 Å². The van der Waals surface area contributed by atoms with Crippen LogP contribution in [0.5, 0.6) is 5.75 Å². The second kappa shape index (κ2) is 31.2. The van der Waals surface area contributed by atoms with Gasteiger partial charge in [0, 0.05) is 44.2 Å². The number of nitrogens with one attached hydrogen (secondary N) is 7. The van der Waals surface area contributed by atoms with Crippen LogP contribution in [-0.2, 0) is 62.4 Å². The maximum Gasteiger partial charge on any atom is 0.246 e. The van der Waals surface area contributed by atoms with Gasteiger partial charge in [0.25, 0.3) is 0 Å². The van der Waals surface area contributed by atoms with Crippen LogP contribution in [0.15, 0.2) is 115 Å². The number of rotatable bonds is 29. The third-order valence-electron chi connectivity index (χ3n) is 14.4. The molecule has 0 spiro atoms. The van der Waals surface area contributed by atoms with Crippen LogP contribution in [0.2, 0.25) is 0 Å². The van der Waals surface area contributed by atoms with Crippen LogP contribution in [0, 0.1) is 11.8 Å². The third kappa shape index (κ3) is 20.1. The van der Waals surface area contributed by atoms with E-state index in [-0.39, 0.29) is 49.9 Å². The highest BCUT2D eigenvalue weighted by atomic mass is 16.3. The van der Waals surface area contributed by atoms with E-state index >= 15 is 0 Å². The number of amides is 9. The minimum Gasteiger partial charge on any atom is -0.508 e. The largest absolute Gasteiger partial charge is 0.508 e. The van der Waals surface area contributed by atoms with Crippen molar-refractivity contribution in [3.8, 4) is 5.75 Å². The van der Waals surface area contributed by atoms with Gasteiger partial charge in [0.2, 0.25) is 53.2 Å². The molecule has 1 heterocycles. The molecular weight excluding hydrogens is 1050 g/mol. The predicted octanol–water partition coefficient (Wildman–Crippen LogP) is 2.28. The SMILES string of the molecule is CC(C)[C@H](NC(=O)[C@@H](NC(=O)C(C)(C)NC(=O)[C@H](Cc1ccccc1)NC(=O)[C@@H](C)NC(=O)[C@@H](N)Cc1ccc(O)cc1)C(C)C)C(=O)N[C@@H](CCC(=O)NCC(=O)N(c1ccccc1)C1CCN(CCc2ccccc2)CC1)C(N)=O. The van der Waals surface area contributed by atoms with Crippen molar-refractivity contribution in [2.45, 2.75) is 141 Å². The molecular formula is C61H83N11O10. The van der Waals surface area contributed by atoms with Crippen molar-refractivity contribution in [1.29, 1.82) is 0 Å². The average Bonchev–Trinajstić information content (AvgIpc) is 3.53. The van der Waals surface area contributed by atoms with Crippen LogP contribution in [-0.4, -0.2) is 137 Å². The zero-order valence-corrected chi connectivity index (χ0v) is 48.1. The van der Waals surface area contributed by atoms with Crippen molar-refractivity contribution in [3.63, 3.8) is 0 Å². The van der Waals surface area contributed by atoms with Crippen molar-refractivity contribution in [2.75, 3.05) is 31.1 Å². The lowest BCUT2D eigenvalue weighted by Gasteiger charge is -2.38. The first-order valence-electron chi connectivity index (χ1n) is 28.0. The van der Waals surface area contributed by atoms with E-state index in [4.69, 9.17) is 11.5 Å². The number of carbonyl (C=O) groups excluding carboxylic acids is 9. The van der Waals surface area contributed by atoms with Crippen molar-refractivity contribution in [3.05, 3.63) is 132 Å². The Bertz CT molecular complexity index is 2780. The first-order valence-corrected chi connectivity index (χ1v) is 28.0. The van der Waals surface area contributed by atoms with Crippen molar-refractivity contribution < 1.29 is 48.3 Å². The summed E-state index contributed by atoms with van der Waals surface area (Å²) in [5.41, 5.74) is 13.5. The Hall–Kier alpha value is -8.17. The molecule has 0 aromatic heterocycles. The fraction of sp³-hybridized carbons (Fsp3) is 0.459. The minimum atomic E-state index is -1.68. The number of phenols is 1. The Labute approximate surface area is 480 Å². The van der Waals surface area contributed by atoms with E-state index in [9.17, 15) is 48.3 Å². The number of primary amides is 1. The quantitative estimate of drug-likeness (QED) is 0.0375. The Morgan fingerprint density at radius 3 is 1.72 bits per heavy atom. The molecule has 0 unspecified atom stereocenters. The van der Waals surface area contributed by atoms with Gasteiger partial charge in [-0.15, -0.1) is 0 Å². The summed E-state index contributed by atoms with van der Waals surface area (Å²) in [6.07, 6.45) is 2.08. The summed E-state index contributed by atoms with van der Waals surface area (Å²) in [5, 5.41) is 28.2. The number of nitrogens with zero attached hydrogens (tertiary/aromatic N) is 2. The first-order chi connectivity index (χ1) is 38.9. The zero-order valence-electron chi connectivity index (χ0n) is 48.1. The summed E-state index contributed by atoms with van der Waals surface area (Å²) in [7, 11) is 0. The molecule has 4 aromatic carbocycles. The number of hydrogen-bond acceptors (Lipinski definition) is 12. The molecule has 1 aliphatic rings. The monoisotopic (exact) mass is 1130 g/mol. The zero-order chi connectivity index (χ0) is 60.1. The van der Waals surface area contributed by atoms with Crippen LogP contribution < -0.4 is 53.6 Å². The van der Waals surface area contributed by atoms with Gasteiger partial charge in [-0.1, -0.05) is 119 Å². The molecule has 1 fully saturated rings. The van der Waals surface area contributed by atoms with Gasteiger partial charge in [0.15, 0.2) is 0 Å². The van der Waals surface area contributed by atoms with Gasteiger partial charge in [-0.3, -0.25) is 43.2 Å². The van der Waals surface area contributed by atoms with Crippen LogP contribution >= 0.6 is 0 Å². The molecule has 12 N–H and O–H groups in total. The van der Waals surface area contributed by atoms with Crippen LogP contribution in [0.3, 0.4) is 0 Å². The normalized spacial score (nSPS) is 15.1. The molecule has 21 nitrogen and oxygen atoms in total. The summed E-state index contributed by atoms with van der Waals surface area (Å²) in [5.74, 6) is -7.17. The number of piperidine rings is 1. The maximum atomic E-state index is 14.1. The minimum absolute atomic E-state index is 0.00215. The molecule has 1 aliphatic heterocycles. The number of benzene rings is 4. The predicted molar refractivity (Wildman–Crippen MR) is 312 cm³/mol. The van der Waals surface area contributed by atoms with Gasteiger partial charge in [-0.05, 0) is 106 Å². The smallest absolute Gasteiger partial charge is 0.246 e. The van der Waals surface area contributed by atoms with E-state index < -0.39 is 101 Å². The lowest BCUT2D eigenvalue weighted by atomic mass is 9.96. The molecule has 4 aromatic rings. The van der Waals surface area contributed by atoms with E-state index in [0.29, 0.717) is 11.1 Å². The second-order valence-corrected chi connectivity index (χ2v) is 22.2. The number of nitrogens with two attached hydrogens (primary N) is 2. The number of hydrogen-bond donors (Lipinski definition) is 10. The molecule has 9 amide bonds. The van der Waals surface area contributed by atoms with E-state index in [0.717, 1.165) is 44.6 Å². The Kier molecular flexibility index (Phi) is 24.6. The Balaban J connectivity index is 1.14. The van der Waals surface area contributed by atoms with Crippen LogP contribution in [0.25, 0.3) is 0 Å². The van der Waals surface area contributed by atoms with E-state index in [1.807, 2.05) is 48.5 Å². The molecule has 21 heteroatoms. The van der Waals surface area contributed by atoms with Gasteiger partial charge in [0.1, 0.15) is 41.5 Å². The van der Waals surface area contributed by atoms with Gasteiger partial charge in [0.05, 0.1) is 12.6 Å². The van der Waals surface area contributed by atoms with Crippen LogP contribution in [0.4, 0.5) is 5.69 Å². The van der Waals surface area contributed by atoms with E-state index in [1.165, 1.54) is 38.5 Å². The Morgan fingerprint density at radius 2 is 1.15 bits per heavy atom. The lowest BCUT2D eigenvalue weighted by Crippen LogP contribution is -2.64. The Morgan fingerprint density at radius 1 is 0.622 bits per heavy atom. The molecule has 5 rings (SSSR count). The lowest BCUT2D eigenvalue weighted by molar-refractivity contribution is -0.138. The molecule has 1 saturated heterocycles. The van der Waals surface area contributed by atoms with Gasteiger partial charge >= 0.3 is 0 Å². The molecule has 82 heavy (non-hydrogen) atoms. The summed E-state index contributed by atoms with van der Waals surface area (Å²) >= 11 is 0. The van der Waals surface area contributed by atoms with Gasteiger partial charge in [-0.2, -0.15) is 0 Å². The van der Waals surface area contributed by atoms with E-state index in [2.05, 4.69) is 54.3 Å². The molecule has 0 saturated carbocycles. The van der Waals surface area contributed by atoms with Crippen LogP contribution in [0.1, 0.15) is 90.8 Å². The number of carbonyl (C=O) groups is 9. The number of para-hydroxylation sites is 1. The van der Waals surface area contributed by atoms with Gasteiger partial charge < -0.3 is 63.6 Å². The maximum absolute atomic E-state index is 14.1. The number of phenolic OH excluding ortho intramolecular Hbond substituents is 1. The summed E-state index contributed by atoms with van der Waals surface area (Å²) in [6.45, 7) is 13.2. The average molecular weight is 1130 g/mol. The molecule has 6 atom stereocenters. The second-order valence-electron chi connectivity index (χ2n) is 22.2. The molecule has 0 bridgehead atoms. The van der Waals surface area contributed by atoms with E-state index in [1.54, 1.807) is 75.1 Å². The standard InChI is InChI=1S/C61H83N11O10/c1-38(2)52(58(80)66-48(54(63)76)27-28-50(74)64-37-51(75)72(44-21-15-10-16-22-44)45-30-33-71(34-31-45)32-29-41-17-11-8-12-18-41)68-59(81)53(39(3)4)69-60(82)61(6,7)70-57(79)49(36-42-19-13-9-14-20-42)67-55(77)40(5)65-56(78)47(62)35-43-23-25-46(73)26-24-43/h8-26,38-40,45,47-49,52-53,73H,27-37,62H2,1-7H3,(H2,63,76)(H,64,74)(H,65,78)(H,66,80)(H,67,77)(H,68,81)(H,69,82)(H,70,79)/t40-,47+,48+,49+,52+,53+/m1/s1. The summed E-state index contributed by atoms with van der Waals surface area (Å²) in [4.78, 5) is 127. The molecule has 442 valence electrons. The number of aromatic hydroxyl groups is 1. The highest BCUT2D eigenvalue weighted by Crippen LogP contribution is 2.24. The number of likely N-dealkylation sites (tertiary alicyclic amines) is 1. The van der Waals surface area contributed by atoms with Crippen molar-refractivity contribution in [2.24, 2.45) is 23.3 Å². The molecule has 0 radical (unpaired) electrons. The van der Waals surface area contributed by atoms with Crippen molar-refractivity contribution in [1.82, 2.24) is 42.1 Å². The molecule has 0 aliphatic carbocycles. The highest BCUT2D eigenvalue weighted by molar-refractivity contribution is 5.99. The fourth-order valence-corrected chi connectivity index (χ4v) is 9.46. The summed E-state index contributed by atoms with van der Waals surface area (Å²) in [6, 6.07) is 27.3. The number of anilines is 1.